The Morgan fingerprint density at radius 2 is 2.24 bits per heavy atom. The van der Waals surface area contributed by atoms with Crippen molar-refractivity contribution in [2.45, 2.75) is 39.5 Å². The Hall–Kier alpha value is -1.32. The SMILES string of the molecule is CCOc1ccnc(NCC2(CC)CCC2)n1. The van der Waals surface area contributed by atoms with Gasteiger partial charge in [0.1, 0.15) is 0 Å². The zero-order valence-electron chi connectivity index (χ0n) is 10.7. The van der Waals surface area contributed by atoms with E-state index < -0.39 is 0 Å². The standard InChI is InChI=1S/C13H21N3O/c1-3-13(7-5-8-13)10-15-12-14-9-6-11(16-12)17-4-2/h6,9H,3-5,7-8,10H2,1-2H3,(H,14,15,16). The van der Waals surface area contributed by atoms with Crippen molar-refractivity contribution in [3.63, 3.8) is 0 Å². The summed E-state index contributed by atoms with van der Waals surface area (Å²) in [6.45, 7) is 5.82. The summed E-state index contributed by atoms with van der Waals surface area (Å²) in [6.07, 6.45) is 6.96. The molecule has 0 aliphatic heterocycles. The highest BCUT2D eigenvalue weighted by Crippen LogP contribution is 2.43. The molecule has 0 radical (unpaired) electrons. The van der Waals surface area contributed by atoms with E-state index in [4.69, 9.17) is 4.74 Å². The van der Waals surface area contributed by atoms with Crippen molar-refractivity contribution in [3.8, 4) is 5.88 Å². The van der Waals surface area contributed by atoms with Crippen LogP contribution in [0.2, 0.25) is 0 Å². The molecule has 1 N–H and O–H groups in total. The van der Waals surface area contributed by atoms with Crippen LogP contribution in [0, 0.1) is 5.41 Å². The summed E-state index contributed by atoms with van der Waals surface area (Å²) < 4.78 is 5.35. The smallest absolute Gasteiger partial charge is 0.225 e. The lowest BCUT2D eigenvalue weighted by atomic mass is 9.67. The molecular formula is C13H21N3O. The maximum absolute atomic E-state index is 5.35. The Morgan fingerprint density at radius 3 is 2.82 bits per heavy atom. The van der Waals surface area contributed by atoms with E-state index in [1.807, 2.05) is 6.92 Å². The average molecular weight is 235 g/mol. The minimum atomic E-state index is 0.477. The molecule has 17 heavy (non-hydrogen) atoms. The van der Waals surface area contributed by atoms with E-state index in [-0.39, 0.29) is 0 Å². The summed E-state index contributed by atoms with van der Waals surface area (Å²) >= 11 is 0. The van der Waals surface area contributed by atoms with Crippen LogP contribution in [0.4, 0.5) is 5.95 Å². The van der Waals surface area contributed by atoms with Crippen molar-refractivity contribution < 1.29 is 4.74 Å². The van der Waals surface area contributed by atoms with Gasteiger partial charge < -0.3 is 10.1 Å². The Balaban J connectivity index is 1.92. The van der Waals surface area contributed by atoms with E-state index in [0.29, 0.717) is 23.9 Å². The largest absolute Gasteiger partial charge is 0.478 e. The second kappa shape index (κ2) is 5.34. The third-order valence-corrected chi connectivity index (χ3v) is 3.71. The molecule has 4 heteroatoms. The molecule has 1 aliphatic carbocycles. The fourth-order valence-electron chi connectivity index (χ4n) is 2.25. The molecule has 0 aromatic carbocycles. The van der Waals surface area contributed by atoms with Gasteiger partial charge in [-0.1, -0.05) is 13.3 Å². The summed E-state index contributed by atoms with van der Waals surface area (Å²) in [5, 5.41) is 3.33. The minimum Gasteiger partial charge on any atom is -0.478 e. The van der Waals surface area contributed by atoms with Crippen LogP contribution >= 0.6 is 0 Å². The van der Waals surface area contributed by atoms with Gasteiger partial charge >= 0.3 is 0 Å². The van der Waals surface area contributed by atoms with Crippen molar-refractivity contribution in [3.05, 3.63) is 12.3 Å². The number of nitrogens with one attached hydrogen (secondary N) is 1. The first-order valence-electron chi connectivity index (χ1n) is 6.48. The van der Waals surface area contributed by atoms with Crippen molar-refractivity contribution in [1.82, 2.24) is 9.97 Å². The number of rotatable bonds is 6. The molecule has 1 aliphatic rings. The first-order chi connectivity index (χ1) is 8.28. The van der Waals surface area contributed by atoms with Crippen LogP contribution < -0.4 is 10.1 Å². The van der Waals surface area contributed by atoms with Gasteiger partial charge in [-0.05, 0) is 31.6 Å². The number of anilines is 1. The normalized spacial score (nSPS) is 17.3. The van der Waals surface area contributed by atoms with Crippen molar-refractivity contribution in [2.75, 3.05) is 18.5 Å². The van der Waals surface area contributed by atoms with Crippen LogP contribution in [0.25, 0.3) is 0 Å². The lowest BCUT2D eigenvalue weighted by Crippen LogP contribution is -2.36. The van der Waals surface area contributed by atoms with Crippen molar-refractivity contribution in [2.24, 2.45) is 5.41 Å². The van der Waals surface area contributed by atoms with Gasteiger partial charge in [-0.15, -0.1) is 0 Å². The van der Waals surface area contributed by atoms with E-state index in [1.165, 1.54) is 25.7 Å². The van der Waals surface area contributed by atoms with Gasteiger partial charge in [-0.2, -0.15) is 4.98 Å². The minimum absolute atomic E-state index is 0.477. The van der Waals surface area contributed by atoms with Gasteiger partial charge in [0.05, 0.1) is 6.61 Å². The number of ether oxygens (including phenoxy) is 1. The number of hydrogen-bond donors (Lipinski definition) is 1. The molecule has 1 aromatic heterocycles. The van der Waals surface area contributed by atoms with E-state index in [9.17, 15) is 0 Å². The molecule has 0 bridgehead atoms. The molecule has 1 heterocycles. The number of nitrogens with zero attached hydrogens (tertiary/aromatic N) is 2. The maximum atomic E-state index is 5.35. The van der Waals surface area contributed by atoms with Gasteiger partial charge in [-0.25, -0.2) is 4.98 Å². The highest BCUT2D eigenvalue weighted by Gasteiger charge is 2.34. The molecule has 1 aromatic rings. The Labute approximate surface area is 103 Å². The van der Waals surface area contributed by atoms with Gasteiger partial charge in [0, 0.05) is 18.8 Å². The van der Waals surface area contributed by atoms with E-state index in [1.54, 1.807) is 12.3 Å². The topological polar surface area (TPSA) is 47.0 Å². The molecular weight excluding hydrogens is 214 g/mol. The van der Waals surface area contributed by atoms with Crippen LogP contribution in [0.1, 0.15) is 39.5 Å². The molecule has 1 saturated carbocycles. The Morgan fingerprint density at radius 1 is 1.41 bits per heavy atom. The monoisotopic (exact) mass is 235 g/mol. The van der Waals surface area contributed by atoms with Gasteiger partial charge in [0.25, 0.3) is 0 Å². The van der Waals surface area contributed by atoms with E-state index >= 15 is 0 Å². The summed E-state index contributed by atoms with van der Waals surface area (Å²) in [4.78, 5) is 8.53. The molecule has 1 fully saturated rings. The zero-order chi connectivity index (χ0) is 12.1. The molecule has 0 atom stereocenters. The lowest BCUT2D eigenvalue weighted by Gasteiger charge is -2.41. The summed E-state index contributed by atoms with van der Waals surface area (Å²) in [5.41, 5.74) is 0.477. The van der Waals surface area contributed by atoms with Gasteiger partial charge in [-0.3, -0.25) is 0 Å². The van der Waals surface area contributed by atoms with Crippen LogP contribution in [0.3, 0.4) is 0 Å². The molecule has 4 nitrogen and oxygen atoms in total. The average Bonchev–Trinajstić information content (AvgIpc) is 2.29. The Kier molecular flexibility index (Phi) is 3.82. The van der Waals surface area contributed by atoms with Crippen LogP contribution in [-0.2, 0) is 0 Å². The highest BCUT2D eigenvalue weighted by atomic mass is 16.5. The number of hydrogen-bond acceptors (Lipinski definition) is 4. The molecule has 0 spiro atoms. The maximum Gasteiger partial charge on any atom is 0.225 e. The summed E-state index contributed by atoms with van der Waals surface area (Å²) in [6, 6.07) is 1.79. The molecule has 0 unspecified atom stereocenters. The number of aromatic nitrogens is 2. The lowest BCUT2D eigenvalue weighted by molar-refractivity contribution is 0.144. The van der Waals surface area contributed by atoms with E-state index in [0.717, 1.165) is 6.54 Å². The van der Waals surface area contributed by atoms with E-state index in [2.05, 4.69) is 22.2 Å². The van der Waals surface area contributed by atoms with Crippen molar-refractivity contribution in [1.29, 1.82) is 0 Å². The fourth-order valence-corrected chi connectivity index (χ4v) is 2.25. The summed E-state index contributed by atoms with van der Waals surface area (Å²) in [7, 11) is 0. The van der Waals surface area contributed by atoms with Gasteiger partial charge in [0.2, 0.25) is 11.8 Å². The molecule has 2 rings (SSSR count). The summed E-state index contributed by atoms with van der Waals surface area (Å²) in [5.74, 6) is 1.32. The first kappa shape index (κ1) is 12.1. The first-order valence-corrected chi connectivity index (χ1v) is 6.48. The molecule has 0 amide bonds. The predicted octanol–water partition coefficient (Wildman–Crippen LogP) is 2.87. The quantitative estimate of drug-likeness (QED) is 0.823. The van der Waals surface area contributed by atoms with Crippen LogP contribution in [0.15, 0.2) is 12.3 Å². The van der Waals surface area contributed by atoms with Crippen LogP contribution in [-0.4, -0.2) is 23.1 Å². The molecule has 0 saturated heterocycles. The second-order valence-corrected chi connectivity index (χ2v) is 4.71. The fraction of sp³-hybridized carbons (Fsp3) is 0.692. The second-order valence-electron chi connectivity index (χ2n) is 4.71. The zero-order valence-corrected chi connectivity index (χ0v) is 10.7. The molecule has 94 valence electrons. The third kappa shape index (κ3) is 2.87. The van der Waals surface area contributed by atoms with Crippen LogP contribution in [0.5, 0.6) is 5.88 Å². The predicted molar refractivity (Wildman–Crippen MR) is 68.3 cm³/mol. The van der Waals surface area contributed by atoms with Crippen molar-refractivity contribution >= 4 is 5.95 Å². The van der Waals surface area contributed by atoms with Gasteiger partial charge in [0.15, 0.2) is 0 Å². The Bertz CT molecular complexity index is 358. The highest BCUT2D eigenvalue weighted by molar-refractivity contribution is 5.28. The third-order valence-electron chi connectivity index (χ3n) is 3.71.